The summed E-state index contributed by atoms with van der Waals surface area (Å²) in [6, 6.07) is 10.9. The van der Waals surface area contributed by atoms with Crippen molar-refractivity contribution in [2.24, 2.45) is 0 Å². The molecule has 0 unspecified atom stereocenters. The first kappa shape index (κ1) is 9.80. The Labute approximate surface area is 92.1 Å². The molecule has 0 aromatic heterocycles. The van der Waals surface area contributed by atoms with Gasteiger partial charge in [0, 0.05) is 26.2 Å². The Morgan fingerprint density at radius 3 is 2.58 bits per heavy atom. The summed E-state index contributed by atoms with van der Waals surface area (Å²) in [6.45, 7) is 4.29. The van der Waals surface area contributed by atoms with Crippen molar-refractivity contribution in [3.63, 3.8) is 0 Å². The third-order valence-corrected chi connectivity index (χ3v) is 2.11. The van der Waals surface area contributed by atoms with Crippen LogP contribution < -0.4 is 0 Å². The van der Waals surface area contributed by atoms with Crippen LogP contribution in [0.3, 0.4) is 0 Å². The SMILES string of the molecule is Cc1cc2c(C)cccc2[cH-]1.[Zr]. The van der Waals surface area contributed by atoms with Crippen molar-refractivity contribution in [3.05, 3.63) is 41.5 Å². The molecule has 60 valence electrons. The fourth-order valence-corrected chi connectivity index (χ4v) is 1.54. The third-order valence-electron chi connectivity index (χ3n) is 2.11. The smallest absolute Gasteiger partial charge is 0 e. The Morgan fingerprint density at radius 1 is 1.17 bits per heavy atom. The van der Waals surface area contributed by atoms with Gasteiger partial charge in [0.1, 0.15) is 0 Å². The number of hydrogen-bond acceptors (Lipinski definition) is 0. The van der Waals surface area contributed by atoms with Gasteiger partial charge in [0.05, 0.1) is 0 Å². The van der Waals surface area contributed by atoms with Crippen LogP contribution in [-0.4, -0.2) is 0 Å². The van der Waals surface area contributed by atoms with E-state index in [-0.39, 0.29) is 26.2 Å². The van der Waals surface area contributed by atoms with E-state index in [9.17, 15) is 0 Å². The van der Waals surface area contributed by atoms with Crippen molar-refractivity contribution in [1.82, 2.24) is 0 Å². The van der Waals surface area contributed by atoms with E-state index in [1.165, 1.54) is 21.9 Å². The Hall–Kier alpha value is -0.287. The average Bonchev–Trinajstić information content (AvgIpc) is 2.31. The second-order valence-corrected chi connectivity index (χ2v) is 3.11. The normalized spacial score (nSPS) is 9.83. The van der Waals surface area contributed by atoms with Crippen LogP contribution in [0.4, 0.5) is 0 Å². The van der Waals surface area contributed by atoms with Gasteiger partial charge in [-0.05, 0) is 6.92 Å². The van der Waals surface area contributed by atoms with Gasteiger partial charge < -0.3 is 0 Å². The number of hydrogen-bond donors (Lipinski definition) is 0. The topological polar surface area (TPSA) is 0 Å². The summed E-state index contributed by atoms with van der Waals surface area (Å²) in [7, 11) is 0. The maximum absolute atomic E-state index is 2.24. The van der Waals surface area contributed by atoms with Gasteiger partial charge in [-0.25, -0.2) is 0 Å². The van der Waals surface area contributed by atoms with Crippen LogP contribution in [0.2, 0.25) is 0 Å². The predicted octanol–water partition coefficient (Wildman–Crippen LogP) is 3.17. The predicted molar refractivity (Wildman–Crippen MR) is 49.0 cm³/mol. The monoisotopic (exact) mass is 233 g/mol. The maximum Gasteiger partial charge on any atom is 0 e. The molecule has 2 aromatic rings. The van der Waals surface area contributed by atoms with E-state index in [2.05, 4.69) is 44.2 Å². The molecule has 0 amide bonds. The van der Waals surface area contributed by atoms with Gasteiger partial charge in [-0.1, -0.05) is 18.6 Å². The van der Waals surface area contributed by atoms with Crippen LogP contribution in [0.25, 0.3) is 10.8 Å². The maximum atomic E-state index is 2.24. The molecule has 0 atom stereocenters. The molecule has 12 heavy (non-hydrogen) atoms. The zero-order chi connectivity index (χ0) is 7.84. The molecule has 0 spiro atoms. The second kappa shape index (κ2) is 3.62. The van der Waals surface area contributed by atoms with Crippen LogP contribution in [0.1, 0.15) is 11.1 Å². The van der Waals surface area contributed by atoms with Gasteiger partial charge >= 0.3 is 0 Å². The molecule has 0 aliphatic rings. The van der Waals surface area contributed by atoms with Gasteiger partial charge in [0.15, 0.2) is 0 Å². The minimum Gasteiger partial charge on any atom is -0.165 e. The number of rotatable bonds is 0. The van der Waals surface area contributed by atoms with Crippen LogP contribution in [0.15, 0.2) is 30.3 Å². The molecule has 0 fully saturated rings. The minimum atomic E-state index is 0. The van der Waals surface area contributed by atoms with E-state index >= 15 is 0 Å². The molecule has 0 radical (unpaired) electrons. The molecule has 0 nitrogen and oxygen atoms in total. The Balaban J connectivity index is 0.000000720. The largest absolute Gasteiger partial charge is 0.165 e. The molecule has 0 N–H and O–H groups in total. The molecule has 2 aromatic carbocycles. The molecular formula is C11H11Zr-. The van der Waals surface area contributed by atoms with Crippen LogP contribution in [0.5, 0.6) is 0 Å². The van der Waals surface area contributed by atoms with E-state index in [0.29, 0.717) is 0 Å². The fourth-order valence-electron chi connectivity index (χ4n) is 1.54. The Morgan fingerprint density at radius 2 is 1.92 bits per heavy atom. The summed E-state index contributed by atoms with van der Waals surface area (Å²) in [5, 5.41) is 2.76. The fraction of sp³-hybridized carbons (Fsp3) is 0.182. The van der Waals surface area contributed by atoms with Gasteiger partial charge in [0.25, 0.3) is 0 Å². The van der Waals surface area contributed by atoms with Crippen molar-refractivity contribution < 1.29 is 26.2 Å². The standard InChI is InChI=1S/C11H11.Zr/c1-8-6-10-5-3-4-9(2)11(10)7-8;/h3-7H,1-2H3;/q-1;. The van der Waals surface area contributed by atoms with E-state index in [4.69, 9.17) is 0 Å². The van der Waals surface area contributed by atoms with E-state index in [1.807, 2.05) is 0 Å². The van der Waals surface area contributed by atoms with Crippen molar-refractivity contribution in [2.45, 2.75) is 13.8 Å². The number of aryl methyl sites for hydroxylation is 2. The van der Waals surface area contributed by atoms with E-state index < -0.39 is 0 Å². The van der Waals surface area contributed by atoms with Crippen LogP contribution >= 0.6 is 0 Å². The molecule has 0 heterocycles. The van der Waals surface area contributed by atoms with Crippen molar-refractivity contribution in [3.8, 4) is 0 Å². The number of benzene rings is 1. The average molecular weight is 234 g/mol. The van der Waals surface area contributed by atoms with Crippen LogP contribution in [0, 0.1) is 13.8 Å². The van der Waals surface area contributed by atoms with E-state index in [0.717, 1.165) is 0 Å². The summed E-state index contributed by atoms with van der Waals surface area (Å²) in [6.07, 6.45) is 0. The first-order chi connectivity index (χ1) is 5.27. The molecule has 0 saturated carbocycles. The molecule has 1 heteroatoms. The first-order valence-corrected chi connectivity index (χ1v) is 3.90. The zero-order valence-electron chi connectivity index (χ0n) is 7.39. The summed E-state index contributed by atoms with van der Waals surface area (Å²) in [5.74, 6) is 0. The minimum absolute atomic E-state index is 0. The molecule has 0 saturated heterocycles. The van der Waals surface area contributed by atoms with Gasteiger partial charge in [-0.2, -0.15) is 6.07 Å². The molecule has 2 rings (SSSR count). The second-order valence-electron chi connectivity index (χ2n) is 3.11. The molecular weight excluding hydrogens is 223 g/mol. The summed E-state index contributed by atoms with van der Waals surface area (Å²) >= 11 is 0. The van der Waals surface area contributed by atoms with Crippen molar-refractivity contribution in [2.75, 3.05) is 0 Å². The number of fused-ring (bicyclic) bond motifs is 1. The summed E-state index contributed by atoms with van der Waals surface area (Å²) < 4.78 is 0. The summed E-state index contributed by atoms with van der Waals surface area (Å²) in [5.41, 5.74) is 2.73. The quantitative estimate of drug-likeness (QED) is 0.614. The van der Waals surface area contributed by atoms with E-state index in [1.54, 1.807) is 0 Å². The Kier molecular flexibility index (Phi) is 2.95. The van der Waals surface area contributed by atoms with Gasteiger partial charge in [0.2, 0.25) is 0 Å². The van der Waals surface area contributed by atoms with Crippen molar-refractivity contribution >= 4 is 10.8 Å². The van der Waals surface area contributed by atoms with Gasteiger partial charge in [-0.3, -0.25) is 0 Å². The van der Waals surface area contributed by atoms with Crippen LogP contribution in [-0.2, 0) is 26.2 Å². The van der Waals surface area contributed by atoms with Gasteiger partial charge in [-0.15, -0.1) is 34.5 Å². The van der Waals surface area contributed by atoms with Crippen molar-refractivity contribution in [1.29, 1.82) is 0 Å². The molecule has 0 bridgehead atoms. The molecule has 0 aliphatic heterocycles. The first-order valence-electron chi connectivity index (χ1n) is 3.90. The zero-order valence-corrected chi connectivity index (χ0v) is 9.84. The summed E-state index contributed by atoms with van der Waals surface area (Å²) in [4.78, 5) is 0. The Bertz CT molecular complexity index is 385. The third kappa shape index (κ3) is 1.56. The molecule has 0 aliphatic carbocycles.